The number of rotatable bonds is 3. The number of ether oxygens (including phenoxy) is 1. The predicted octanol–water partition coefficient (Wildman–Crippen LogP) is 3.49. The highest BCUT2D eigenvalue weighted by molar-refractivity contribution is 9.10. The first-order chi connectivity index (χ1) is 8.15. The minimum absolute atomic E-state index is 0.528. The van der Waals surface area contributed by atoms with Crippen LogP contribution < -0.4 is 5.32 Å². The quantitative estimate of drug-likeness (QED) is 0.941. The lowest BCUT2D eigenvalue weighted by atomic mass is 10.1. The van der Waals surface area contributed by atoms with Gasteiger partial charge in [-0.3, -0.25) is 0 Å². The Morgan fingerprint density at radius 1 is 1.35 bits per heavy atom. The van der Waals surface area contributed by atoms with Gasteiger partial charge in [-0.2, -0.15) is 0 Å². The zero-order valence-corrected chi connectivity index (χ0v) is 11.8. The number of anilines is 1. The second-order valence-corrected chi connectivity index (χ2v) is 4.88. The van der Waals surface area contributed by atoms with E-state index < -0.39 is 0 Å². The fraction of sp³-hybridized carbons (Fsp3) is 0.308. The van der Waals surface area contributed by atoms with Gasteiger partial charge in [-0.05, 0) is 30.7 Å². The van der Waals surface area contributed by atoms with Gasteiger partial charge in [0.25, 0.3) is 0 Å². The molecule has 1 aromatic carbocycles. The molecule has 0 unspecified atom stereocenters. The van der Waals surface area contributed by atoms with E-state index in [2.05, 4.69) is 45.3 Å². The van der Waals surface area contributed by atoms with E-state index in [0.717, 1.165) is 32.3 Å². The SMILES string of the molecule is CNc1cc(COC)nc2c(C)cc(Br)cc12. The van der Waals surface area contributed by atoms with E-state index in [-0.39, 0.29) is 0 Å². The summed E-state index contributed by atoms with van der Waals surface area (Å²) in [6.07, 6.45) is 0. The van der Waals surface area contributed by atoms with Crippen molar-refractivity contribution in [2.75, 3.05) is 19.5 Å². The number of methoxy groups -OCH3 is 1. The Balaban J connectivity index is 2.73. The third kappa shape index (κ3) is 2.42. The Morgan fingerprint density at radius 2 is 2.12 bits per heavy atom. The summed E-state index contributed by atoms with van der Waals surface area (Å²) in [5.41, 5.74) is 4.19. The van der Waals surface area contributed by atoms with Crippen molar-refractivity contribution in [1.29, 1.82) is 0 Å². The molecule has 90 valence electrons. The van der Waals surface area contributed by atoms with Gasteiger partial charge in [-0.15, -0.1) is 0 Å². The first-order valence-electron chi connectivity index (χ1n) is 5.42. The second-order valence-electron chi connectivity index (χ2n) is 3.96. The molecule has 17 heavy (non-hydrogen) atoms. The lowest BCUT2D eigenvalue weighted by Crippen LogP contribution is -1.99. The number of aromatic nitrogens is 1. The van der Waals surface area contributed by atoms with Gasteiger partial charge in [-0.1, -0.05) is 15.9 Å². The smallest absolute Gasteiger partial charge is 0.0885 e. The van der Waals surface area contributed by atoms with E-state index in [1.807, 2.05) is 13.1 Å². The van der Waals surface area contributed by atoms with Crippen molar-refractivity contribution in [2.24, 2.45) is 0 Å². The molecule has 1 N–H and O–H groups in total. The van der Waals surface area contributed by atoms with E-state index in [4.69, 9.17) is 4.74 Å². The normalized spacial score (nSPS) is 10.8. The van der Waals surface area contributed by atoms with Crippen molar-refractivity contribution in [3.8, 4) is 0 Å². The largest absolute Gasteiger partial charge is 0.388 e. The zero-order valence-electron chi connectivity index (χ0n) is 10.2. The van der Waals surface area contributed by atoms with Gasteiger partial charge in [0, 0.05) is 29.7 Å². The molecule has 1 aromatic heterocycles. The minimum Gasteiger partial charge on any atom is -0.388 e. The van der Waals surface area contributed by atoms with Crippen molar-refractivity contribution in [3.63, 3.8) is 0 Å². The third-order valence-corrected chi connectivity index (χ3v) is 3.14. The zero-order chi connectivity index (χ0) is 12.4. The Hall–Kier alpha value is -1.13. The average Bonchev–Trinajstić information content (AvgIpc) is 2.29. The maximum atomic E-state index is 5.14. The molecule has 0 amide bonds. The molecular formula is C13H15BrN2O. The van der Waals surface area contributed by atoms with E-state index in [0.29, 0.717) is 6.61 Å². The fourth-order valence-corrected chi connectivity index (χ4v) is 2.51. The minimum atomic E-state index is 0.528. The number of nitrogens with one attached hydrogen (secondary N) is 1. The summed E-state index contributed by atoms with van der Waals surface area (Å²) in [6, 6.07) is 6.18. The van der Waals surface area contributed by atoms with Crippen LogP contribution in [0.1, 0.15) is 11.3 Å². The maximum Gasteiger partial charge on any atom is 0.0885 e. The van der Waals surface area contributed by atoms with E-state index in [9.17, 15) is 0 Å². The number of pyridine rings is 1. The van der Waals surface area contributed by atoms with Crippen molar-refractivity contribution in [1.82, 2.24) is 4.98 Å². The van der Waals surface area contributed by atoms with Crippen molar-refractivity contribution in [2.45, 2.75) is 13.5 Å². The number of aryl methyl sites for hydroxylation is 1. The number of benzene rings is 1. The lowest BCUT2D eigenvalue weighted by molar-refractivity contribution is 0.182. The number of halogens is 1. The van der Waals surface area contributed by atoms with Gasteiger partial charge < -0.3 is 10.1 Å². The molecule has 2 rings (SSSR count). The Morgan fingerprint density at radius 3 is 2.76 bits per heavy atom. The van der Waals surface area contributed by atoms with E-state index in [1.165, 1.54) is 0 Å². The van der Waals surface area contributed by atoms with Gasteiger partial charge in [0.1, 0.15) is 0 Å². The van der Waals surface area contributed by atoms with Crippen LogP contribution >= 0.6 is 15.9 Å². The highest BCUT2D eigenvalue weighted by Crippen LogP contribution is 2.29. The van der Waals surface area contributed by atoms with Crippen LogP contribution in [0.15, 0.2) is 22.7 Å². The first-order valence-corrected chi connectivity index (χ1v) is 6.21. The van der Waals surface area contributed by atoms with Crippen LogP contribution in [-0.4, -0.2) is 19.1 Å². The van der Waals surface area contributed by atoms with E-state index in [1.54, 1.807) is 7.11 Å². The molecule has 0 saturated heterocycles. The molecule has 0 spiro atoms. The van der Waals surface area contributed by atoms with Crippen LogP contribution in [0.25, 0.3) is 10.9 Å². The lowest BCUT2D eigenvalue weighted by Gasteiger charge is -2.11. The molecule has 4 heteroatoms. The van der Waals surface area contributed by atoms with Crippen LogP contribution in [0, 0.1) is 6.92 Å². The summed E-state index contributed by atoms with van der Waals surface area (Å²) in [6.45, 7) is 2.59. The van der Waals surface area contributed by atoms with Crippen LogP contribution in [0.3, 0.4) is 0 Å². The number of hydrogen-bond donors (Lipinski definition) is 1. The third-order valence-electron chi connectivity index (χ3n) is 2.68. The molecular weight excluding hydrogens is 280 g/mol. The molecule has 0 saturated carbocycles. The average molecular weight is 295 g/mol. The molecule has 3 nitrogen and oxygen atoms in total. The number of hydrogen-bond acceptors (Lipinski definition) is 3. The Bertz CT molecular complexity index is 555. The highest BCUT2D eigenvalue weighted by Gasteiger charge is 2.08. The summed E-state index contributed by atoms with van der Waals surface area (Å²) >= 11 is 3.52. The number of nitrogens with zero attached hydrogens (tertiary/aromatic N) is 1. The Labute approximate surface area is 109 Å². The van der Waals surface area contributed by atoms with Crippen molar-refractivity contribution in [3.05, 3.63) is 33.9 Å². The monoisotopic (exact) mass is 294 g/mol. The summed E-state index contributed by atoms with van der Waals surface area (Å²) in [4.78, 5) is 4.63. The second kappa shape index (κ2) is 5.02. The summed E-state index contributed by atoms with van der Waals surface area (Å²) in [5, 5.41) is 4.33. The van der Waals surface area contributed by atoms with Gasteiger partial charge in [-0.25, -0.2) is 4.98 Å². The van der Waals surface area contributed by atoms with E-state index >= 15 is 0 Å². The fourth-order valence-electron chi connectivity index (χ4n) is 1.94. The van der Waals surface area contributed by atoms with Gasteiger partial charge in [0.05, 0.1) is 17.8 Å². The van der Waals surface area contributed by atoms with Crippen LogP contribution in [0.4, 0.5) is 5.69 Å². The molecule has 1 heterocycles. The highest BCUT2D eigenvalue weighted by atomic mass is 79.9. The molecule has 0 atom stereocenters. The van der Waals surface area contributed by atoms with Crippen molar-refractivity contribution >= 4 is 32.5 Å². The van der Waals surface area contributed by atoms with Gasteiger partial charge >= 0.3 is 0 Å². The molecule has 0 aliphatic rings. The molecule has 0 radical (unpaired) electrons. The maximum absolute atomic E-state index is 5.14. The van der Waals surface area contributed by atoms with Crippen LogP contribution in [0.5, 0.6) is 0 Å². The predicted molar refractivity (Wildman–Crippen MR) is 74.4 cm³/mol. The standard InChI is InChI=1S/C13H15BrN2O/c1-8-4-9(14)5-11-12(15-2)6-10(7-17-3)16-13(8)11/h4-6H,7H2,1-3H3,(H,15,16). The first kappa shape index (κ1) is 12.3. The molecule has 0 aliphatic carbocycles. The van der Waals surface area contributed by atoms with Gasteiger partial charge in [0.15, 0.2) is 0 Å². The molecule has 2 aromatic rings. The number of fused-ring (bicyclic) bond motifs is 1. The molecule has 0 aliphatic heterocycles. The molecule has 0 bridgehead atoms. The summed E-state index contributed by atoms with van der Waals surface area (Å²) in [7, 11) is 3.60. The Kier molecular flexibility index (Phi) is 3.64. The van der Waals surface area contributed by atoms with Crippen LogP contribution in [0.2, 0.25) is 0 Å². The van der Waals surface area contributed by atoms with Gasteiger partial charge in [0.2, 0.25) is 0 Å². The van der Waals surface area contributed by atoms with Crippen molar-refractivity contribution < 1.29 is 4.74 Å². The molecule has 0 fully saturated rings. The van der Waals surface area contributed by atoms with Crippen LogP contribution in [-0.2, 0) is 11.3 Å². The topological polar surface area (TPSA) is 34.1 Å². The summed E-state index contributed by atoms with van der Waals surface area (Å²) < 4.78 is 6.21. The summed E-state index contributed by atoms with van der Waals surface area (Å²) in [5.74, 6) is 0.